The molecule has 0 saturated carbocycles. The average Bonchev–Trinajstić information content (AvgIpc) is 2.88. The lowest BCUT2D eigenvalue weighted by molar-refractivity contribution is -0.122. The Morgan fingerprint density at radius 2 is 1.86 bits per heavy atom. The van der Waals surface area contributed by atoms with Crippen molar-refractivity contribution in [2.24, 2.45) is 0 Å². The van der Waals surface area contributed by atoms with E-state index in [0.717, 1.165) is 18.5 Å². The molecule has 1 saturated heterocycles. The molecule has 1 aliphatic heterocycles. The van der Waals surface area contributed by atoms with Crippen molar-refractivity contribution in [1.29, 1.82) is 0 Å². The molecular weight excluding hydrogens is 359 g/mol. The molecule has 1 heterocycles. The van der Waals surface area contributed by atoms with E-state index in [1.54, 1.807) is 18.2 Å². The van der Waals surface area contributed by atoms with Crippen molar-refractivity contribution < 1.29 is 19.0 Å². The number of hydrogen-bond acceptors (Lipinski definition) is 4. The molecule has 2 aromatic rings. The van der Waals surface area contributed by atoms with Gasteiger partial charge in [-0.15, -0.1) is 0 Å². The molecule has 6 heteroatoms. The van der Waals surface area contributed by atoms with Gasteiger partial charge in [0.05, 0.1) is 12.1 Å². The molecule has 3 rings (SSSR count). The summed E-state index contributed by atoms with van der Waals surface area (Å²) in [6.45, 7) is 2.18. The minimum absolute atomic E-state index is 0.0306. The summed E-state index contributed by atoms with van der Waals surface area (Å²) in [5.74, 6) is -0.314. The van der Waals surface area contributed by atoms with Crippen molar-refractivity contribution in [2.75, 3.05) is 26.2 Å². The van der Waals surface area contributed by atoms with E-state index < -0.39 is 11.4 Å². The van der Waals surface area contributed by atoms with Crippen molar-refractivity contribution >= 4 is 5.91 Å². The van der Waals surface area contributed by atoms with E-state index >= 15 is 0 Å². The Balaban J connectivity index is 1.44. The number of halogens is 1. The molecular formula is C22H27FN2O3. The molecule has 0 spiro atoms. The van der Waals surface area contributed by atoms with E-state index in [4.69, 9.17) is 4.74 Å². The topological polar surface area (TPSA) is 61.8 Å². The average molecular weight is 386 g/mol. The van der Waals surface area contributed by atoms with Gasteiger partial charge < -0.3 is 15.2 Å². The molecule has 28 heavy (non-hydrogen) atoms. The Morgan fingerprint density at radius 3 is 2.64 bits per heavy atom. The first-order chi connectivity index (χ1) is 13.5. The van der Waals surface area contributed by atoms with Gasteiger partial charge in [-0.05, 0) is 43.5 Å². The third-order valence-corrected chi connectivity index (χ3v) is 5.04. The highest BCUT2D eigenvalue weighted by atomic mass is 19.1. The van der Waals surface area contributed by atoms with Gasteiger partial charge in [0.25, 0.3) is 0 Å². The number of carbonyl (C=O) groups excluding carboxylic acids is 1. The number of carbonyl (C=O) groups is 1. The lowest BCUT2D eigenvalue weighted by atomic mass is 9.96. The van der Waals surface area contributed by atoms with Gasteiger partial charge in [-0.2, -0.15) is 0 Å². The number of rotatable bonds is 7. The molecule has 0 bridgehead atoms. The molecule has 0 radical (unpaired) electrons. The van der Waals surface area contributed by atoms with Gasteiger partial charge in [-0.1, -0.05) is 42.5 Å². The van der Waals surface area contributed by atoms with Gasteiger partial charge in [0.2, 0.25) is 5.91 Å². The second-order valence-corrected chi connectivity index (χ2v) is 7.34. The fourth-order valence-electron chi connectivity index (χ4n) is 3.37. The third-order valence-electron chi connectivity index (χ3n) is 5.04. The zero-order chi connectivity index (χ0) is 19.8. The van der Waals surface area contributed by atoms with Crippen LogP contribution in [0, 0.1) is 5.82 Å². The second-order valence-electron chi connectivity index (χ2n) is 7.34. The molecule has 5 nitrogen and oxygen atoms in total. The quantitative estimate of drug-likeness (QED) is 0.768. The van der Waals surface area contributed by atoms with Crippen LogP contribution >= 0.6 is 0 Å². The summed E-state index contributed by atoms with van der Waals surface area (Å²) in [5.41, 5.74) is 0.0451. The SMILES string of the molecule is O=C(CN1CCCC(O)(COc2ccccc2F)CC1)NCc1ccccc1. The van der Waals surface area contributed by atoms with Crippen molar-refractivity contribution in [3.05, 3.63) is 66.0 Å². The zero-order valence-corrected chi connectivity index (χ0v) is 15.9. The maximum Gasteiger partial charge on any atom is 0.234 e. The molecule has 2 N–H and O–H groups in total. The van der Waals surface area contributed by atoms with Crippen molar-refractivity contribution in [2.45, 2.75) is 31.4 Å². The van der Waals surface area contributed by atoms with Crippen LogP contribution in [0.5, 0.6) is 5.75 Å². The standard InChI is InChI=1S/C22H27FN2O3/c23-19-9-4-5-10-20(19)28-17-22(27)11-6-13-25(14-12-22)16-21(26)24-15-18-7-2-1-3-8-18/h1-5,7-10,27H,6,11-17H2,(H,24,26). The number of hydrogen-bond donors (Lipinski definition) is 2. The molecule has 1 atom stereocenters. The van der Waals surface area contributed by atoms with Crippen LogP contribution in [0.1, 0.15) is 24.8 Å². The van der Waals surface area contributed by atoms with Crippen LogP contribution in [0.4, 0.5) is 4.39 Å². The molecule has 0 aromatic heterocycles. The minimum Gasteiger partial charge on any atom is -0.488 e. The van der Waals surface area contributed by atoms with E-state index in [1.165, 1.54) is 6.07 Å². The summed E-state index contributed by atoms with van der Waals surface area (Å²) in [7, 11) is 0. The molecule has 2 aromatic carbocycles. The number of nitrogens with one attached hydrogen (secondary N) is 1. The minimum atomic E-state index is -1.02. The van der Waals surface area contributed by atoms with Crippen molar-refractivity contribution in [1.82, 2.24) is 10.2 Å². The molecule has 150 valence electrons. The number of ether oxygens (including phenoxy) is 1. The number of likely N-dealkylation sites (tertiary alicyclic amines) is 1. The Hall–Kier alpha value is -2.44. The smallest absolute Gasteiger partial charge is 0.234 e. The fraction of sp³-hybridized carbons (Fsp3) is 0.409. The van der Waals surface area contributed by atoms with Crippen LogP contribution in [-0.2, 0) is 11.3 Å². The Kier molecular flexibility index (Phi) is 7.01. The van der Waals surface area contributed by atoms with Crippen molar-refractivity contribution in [3.63, 3.8) is 0 Å². The highest BCUT2D eigenvalue weighted by Gasteiger charge is 2.31. The molecule has 1 fully saturated rings. The summed E-state index contributed by atoms with van der Waals surface area (Å²) < 4.78 is 19.2. The van der Waals surface area contributed by atoms with Gasteiger partial charge in [0.1, 0.15) is 6.61 Å². The monoisotopic (exact) mass is 386 g/mol. The molecule has 1 amide bonds. The van der Waals surface area contributed by atoms with Crippen LogP contribution in [0.15, 0.2) is 54.6 Å². The first kappa shape index (κ1) is 20.3. The van der Waals surface area contributed by atoms with Gasteiger partial charge in [-0.3, -0.25) is 9.69 Å². The number of amides is 1. The number of aliphatic hydroxyl groups is 1. The molecule has 0 aliphatic carbocycles. The lowest BCUT2D eigenvalue weighted by Gasteiger charge is -2.27. The lowest BCUT2D eigenvalue weighted by Crippen LogP contribution is -2.40. The summed E-state index contributed by atoms with van der Waals surface area (Å²) >= 11 is 0. The van der Waals surface area contributed by atoms with Crippen LogP contribution in [0.3, 0.4) is 0 Å². The van der Waals surface area contributed by atoms with E-state index in [1.807, 2.05) is 35.2 Å². The zero-order valence-electron chi connectivity index (χ0n) is 15.9. The van der Waals surface area contributed by atoms with Gasteiger partial charge in [-0.25, -0.2) is 4.39 Å². The largest absolute Gasteiger partial charge is 0.488 e. The second kappa shape index (κ2) is 9.66. The summed E-state index contributed by atoms with van der Waals surface area (Å²) in [5, 5.41) is 13.8. The maximum atomic E-state index is 13.7. The number of para-hydroxylation sites is 1. The third kappa shape index (κ3) is 6.04. The summed E-state index contributed by atoms with van der Waals surface area (Å²) in [6, 6.07) is 16.0. The van der Waals surface area contributed by atoms with Crippen molar-refractivity contribution in [3.8, 4) is 5.75 Å². The normalized spacial score (nSPS) is 20.4. The Morgan fingerprint density at radius 1 is 1.11 bits per heavy atom. The highest BCUT2D eigenvalue weighted by Crippen LogP contribution is 2.25. The van der Waals surface area contributed by atoms with Gasteiger partial charge in [0.15, 0.2) is 11.6 Å². The molecule has 1 aliphatic rings. The van der Waals surface area contributed by atoms with Crippen LogP contribution in [-0.4, -0.2) is 47.8 Å². The summed E-state index contributed by atoms with van der Waals surface area (Å²) in [6.07, 6.45) is 1.79. The van der Waals surface area contributed by atoms with E-state index in [0.29, 0.717) is 32.5 Å². The Labute approximate surface area is 165 Å². The van der Waals surface area contributed by atoms with Crippen LogP contribution in [0.2, 0.25) is 0 Å². The number of benzene rings is 2. The van der Waals surface area contributed by atoms with Crippen LogP contribution in [0.25, 0.3) is 0 Å². The van der Waals surface area contributed by atoms with E-state index in [9.17, 15) is 14.3 Å². The first-order valence-corrected chi connectivity index (χ1v) is 9.67. The van der Waals surface area contributed by atoms with Crippen LogP contribution < -0.4 is 10.1 Å². The first-order valence-electron chi connectivity index (χ1n) is 9.67. The van der Waals surface area contributed by atoms with E-state index in [2.05, 4.69) is 5.32 Å². The van der Waals surface area contributed by atoms with Gasteiger partial charge >= 0.3 is 0 Å². The van der Waals surface area contributed by atoms with Gasteiger partial charge in [0, 0.05) is 13.1 Å². The number of nitrogens with zero attached hydrogens (tertiary/aromatic N) is 1. The summed E-state index contributed by atoms with van der Waals surface area (Å²) in [4.78, 5) is 14.3. The maximum absolute atomic E-state index is 13.7. The predicted octanol–water partition coefficient (Wildman–Crippen LogP) is 2.74. The predicted molar refractivity (Wildman–Crippen MR) is 105 cm³/mol. The Bertz CT molecular complexity index is 771. The molecule has 1 unspecified atom stereocenters. The van der Waals surface area contributed by atoms with E-state index in [-0.39, 0.29) is 18.3 Å². The highest BCUT2D eigenvalue weighted by molar-refractivity contribution is 5.78. The fourth-order valence-corrected chi connectivity index (χ4v) is 3.37.